The summed E-state index contributed by atoms with van der Waals surface area (Å²) < 4.78 is 2.93. The number of nitrogens with zero attached hydrogens (tertiary/aromatic N) is 2. The van der Waals surface area contributed by atoms with E-state index in [9.17, 15) is 0 Å². The van der Waals surface area contributed by atoms with Crippen molar-refractivity contribution in [2.45, 2.75) is 32.9 Å². The lowest BCUT2D eigenvalue weighted by Crippen LogP contribution is -2.35. The number of rotatable bonds is 3. The highest BCUT2D eigenvalue weighted by atomic mass is 127. The zero-order valence-electron chi connectivity index (χ0n) is 11.2. The Bertz CT molecular complexity index is 572. The number of aromatic nitrogens is 2. The van der Waals surface area contributed by atoms with Crippen LogP contribution in [-0.2, 0) is 6.54 Å². The molecule has 0 amide bonds. The summed E-state index contributed by atoms with van der Waals surface area (Å²) in [6, 6.07) is 5.94. The smallest absolute Gasteiger partial charge is 0.0877 e. The number of halogens is 2. The fraction of sp³-hybridized carbons (Fsp3) is 0.357. The van der Waals surface area contributed by atoms with Crippen LogP contribution in [-0.4, -0.2) is 15.3 Å². The van der Waals surface area contributed by atoms with Crippen molar-refractivity contribution in [3.8, 4) is 5.69 Å². The molecule has 1 heterocycles. The molecule has 0 bridgehead atoms. The van der Waals surface area contributed by atoms with Crippen molar-refractivity contribution in [1.82, 2.24) is 15.1 Å². The van der Waals surface area contributed by atoms with E-state index in [0.717, 1.165) is 21.4 Å². The minimum Gasteiger partial charge on any atom is -0.308 e. The number of benzene rings is 1. The third-order valence-electron chi connectivity index (χ3n) is 2.66. The van der Waals surface area contributed by atoms with Crippen LogP contribution in [0.3, 0.4) is 0 Å². The van der Waals surface area contributed by atoms with Crippen LogP contribution in [0.1, 0.15) is 26.3 Å². The van der Waals surface area contributed by atoms with Crippen LogP contribution in [0, 0.1) is 3.57 Å². The molecule has 0 aliphatic rings. The minimum absolute atomic E-state index is 0.0676. The van der Waals surface area contributed by atoms with Crippen LogP contribution in [0.2, 0.25) is 5.02 Å². The summed E-state index contributed by atoms with van der Waals surface area (Å²) >= 11 is 8.58. The standard InChI is InChI=1S/C14H17ClIN3/c1-14(2,3)17-7-10-5-4-6-12(15)13(10)19-9-11(16)8-18-19/h4-6,8-9,17H,7H2,1-3H3. The van der Waals surface area contributed by atoms with Gasteiger partial charge in [0.25, 0.3) is 0 Å². The van der Waals surface area contributed by atoms with Crippen LogP contribution in [0.15, 0.2) is 30.6 Å². The molecule has 19 heavy (non-hydrogen) atoms. The van der Waals surface area contributed by atoms with Crippen LogP contribution in [0.5, 0.6) is 0 Å². The Morgan fingerprint density at radius 3 is 2.68 bits per heavy atom. The summed E-state index contributed by atoms with van der Waals surface area (Å²) in [6.07, 6.45) is 3.80. The summed E-state index contributed by atoms with van der Waals surface area (Å²) in [5.41, 5.74) is 2.16. The molecule has 0 atom stereocenters. The average Bonchev–Trinajstić information content (AvgIpc) is 2.72. The molecule has 1 aromatic carbocycles. The molecule has 0 spiro atoms. The van der Waals surface area contributed by atoms with Gasteiger partial charge >= 0.3 is 0 Å². The Kier molecular flexibility index (Phi) is 4.53. The normalized spacial score (nSPS) is 11.8. The summed E-state index contributed by atoms with van der Waals surface area (Å²) in [6.45, 7) is 7.20. The third-order valence-corrected chi connectivity index (χ3v) is 3.52. The van der Waals surface area contributed by atoms with E-state index in [4.69, 9.17) is 11.6 Å². The van der Waals surface area contributed by atoms with E-state index in [2.05, 4.69) is 59.8 Å². The Labute approximate surface area is 132 Å². The lowest BCUT2D eigenvalue weighted by Gasteiger charge is -2.22. The molecule has 0 aliphatic heterocycles. The van der Waals surface area contributed by atoms with Gasteiger partial charge in [-0.15, -0.1) is 0 Å². The molecule has 1 aromatic heterocycles. The first kappa shape index (κ1) is 14.8. The molecule has 1 N–H and O–H groups in total. The first-order chi connectivity index (χ1) is 8.87. The van der Waals surface area contributed by atoms with Gasteiger partial charge in [-0.1, -0.05) is 23.7 Å². The maximum atomic E-state index is 6.33. The van der Waals surface area contributed by atoms with Crippen LogP contribution in [0.4, 0.5) is 0 Å². The van der Waals surface area contributed by atoms with Gasteiger partial charge in [0.1, 0.15) is 0 Å². The molecule has 2 rings (SSSR count). The molecule has 0 unspecified atom stereocenters. The molecule has 0 fully saturated rings. The maximum Gasteiger partial charge on any atom is 0.0877 e. The highest BCUT2D eigenvalue weighted by molar-refractivity contribution is 14.1. The fourth-order valence-electron chi connectivity index (χ4n) is 1.74. The van der Waals surface area contributed by atoms with E-state index < -0.39 is 0 Å². The largest absolute Gasteiger partial charge is 0.308 e. The third kappa shape index (κ3) is 3.94. The van der Waals surface area contributed by atoms with Crippen molar-refractivity contribution in [2.75, 3.05) is 0 Å². The topological polar surface area (TPSA) is 29.9 Å². The van der Waals surface area contributed by atoms with Crippen molar-refractivity contribution >= 4 is 34.2 Å². The molecule has 0 saturated heterocycles. The van der Waals surface area contributed by atoms with E-state index >= 15 is 0 Å². The monoisotopic (exact) mass is 389 g/mol. The van der Waals surface area contributed by atoms with E-state index in [1.165, 1.54) is 0 Å². The lowest BCUT2D eigenvalue weighted by molar-refractivity contribution is 0.424. The second-order valence-electron chi connectivity index (χ2n) is 5.45. The second-order valence-corrected chi connectivity index (χ2v) is 7.11. The van der Waals surface area contributed by atoms with Crippen molar-refractivity contribution in [3.63, 3.8) is 0 Å². The number of hydrogen-bond donors (Lipinski definition) is 1. The van der Waals surface area contributed by atoms with E-state index in [1.807, 2.05) is 29.2 Å². The number of nitrogens with one attached hydrogen (secondary N) is 1. The summed E-state index contributed by atoms with van der Waals surface area (Å²) in [7, 11) is 0. The molecular weight excluding hydrogens is 373 g/mol. The summed E-state index contributed by atoms with van der Waals surface area (Å²) in [5, 5.41) is 8.55. The molecular formula is C14H17ClIN3. The zero-order chi connectivity index (χ0) is 14.0. The van der Waals surface area contributed by atoms with Gasteiger partial charge in [-0.3, -0.25) is 0 Å². The second kappa shape index (κ2) is 5.81. The van der Waals surface area contributed by atoms with Crippen molar-refractivity contribution < 1.29 is 0 Å². The number of para-hydroxylation sites is 1. The summed E-state index contributed by atoms with van der Waals surface area (Å²) in [4.78, 5) is 0. The lowest BCUT2D eigenvalue weighted by atomic mass is 10.1. The first-order valence-electron chi connectivity index (χ1n) is 6.10. The van der Waals surface area contributed by atoms with Crippen LogP contribution in [0.25, 0.3) is 5.69 Å². The maximum absolute atomic E-state index is 6.33. The van der Waals surface area contributed by atoms with Crippen molar-refractivity contribution in [3.05, 3.63) is 44.7 Å². The van der Waals surface area contributed by atoms with Gasteiger partial charge in [-0.05, 0) is 55.0 Å². The summed E-state index contributed by atoms with van der Waals surface area (Å²) in [5.74, 6) is 0. The molecule has 0 radical (unpaired) electrons. The Morgan fingerprint density at radius 1 is 1.37 bits per heavy atom. The van der Waals surface area contributed by atoms with Gasteiger partial charge < -0.3 is 5.32 Å². The first-order valence-corrected chi connectivity index (χ1v) is 7.55. The van der Waals surface area contributed by atoms with Gasteiger partial charge in [-0.25, -0.2) is 4.68 Å². The van der Waals surface area contributed by atoms with Gasteiger partial charge in [0.15, 0.2) is 0 Å². The fourth-order valence-corrected chi connectivity index (χ4v) is 2.41. The zero-order valence-corrected chi connectivity index (χ0v) is 14.2. The minimum atomic E-state index is 0.0676. The number of hydrogen-bond acceptors (Lipinski definition) is 2. The van der Waals surface area contributed by atoms with Gasteiger partial charge in [0, 0.05) is 18.3 Å². The predicted octanol–water partition coefficient (Wildman–Crippen LogP) is 4.02. The highest BCUT2D eigenvalue weighted by Gasteiger charge is 2.14. The molecule has 102 valence electrons. The molecule has 2 aromatic rings. The van der Waals surface area contributed by atoms with Gasteiger partial charge in [0.05, 0.1) is 20.5 Å². The Balaban J connectivity index is 2.36. The quantitative estimate of drug-likeness (QED) is 0.804. The SMILES string of the molecule is CC(C)(C)NCc1cccc(Cl)c1-n1cc(I)cn1. The van der Waals surface area contributed by atoms with Crippen LogP contribution < -0.4 is 5.32 Å². The van der Waals surface area contributed by atoms with Crippen molar-refractivity contribution in [1.29, 1.82) is 0 Å². The predicted molar refractivity (Wildman–Crippen MR) is 87.9 cm³/mol. The van der Waals surface area contributed by atoms with Gasteiger partial charge in [0.2, 0.25) is 0 Å². The van der Waals surface area contributed by atoms with Gasteiger partial charge in [-0.2, -0.15) is 5.10 Å². The molecule has 0 saturated carbocycles. The van der Waals surface area contributed by atoms with E-state index in [-0.39, 0.29) is 5.54 Å². The average molecular weight is 390 g/mol. The molecule has 5 heteroatoms. The Hall–Kier alpha value is -0.590. The van der Waals surface area contributed by atoms with E-state index in [0.29, 0.717) is 5.02 Å². The van der Waals surface area contributed by atoms with Crippen molar-refractivity contribution in [2.24, 2.45) is 0 Å². The Morgan fingerprint density at radius 2 is 2.11 bits per heavy atom. The van der Waals surface area contributed by atoms with E-state index in [1.54, 1.807) is 0 Å². The highest BCUT2D eigenvalue weighted by Crippen LogP contribution is 2.25. The van der Waals surface area contributed by atoms with Crippen LogP contribution >= 0.6 is 34.2 Å². The molecule has 3 nitrogen and oxygen atoms in total. The molecule has 0 aliphatic carbocycles.